The van der Waals surface area contributed by atoms with Gasteiger partial charge in [0.25, 0.3) is 5.56 Å². The fraction of sp³-hybridized carbons (Fsp3) is 0.364. The molecule has 0 spiro atoms. The van der Waals surface area contributed by atoms with Crippen LogP contribution < -0.4 is 20.7 Å². The monoisotopic (exact) mass is 487 g/mol. The summed E-state index contributed by atoms with van der Waals surface area (Å²) in [4.78, 5) is 61.0. The van der Waals surface area contributed by atoms with Gasteiger partial charge in [0.15, 0.2) is 28.8 Å². The summed E-state index contributed by atoms with van der Waals surface area (Å²) in [6, 6.07) is 5.02. The van der Waals surface area contributed by atoms with Gasteiger partial charge in [0, 0.05) is 33.8 Å². The first-order valence-electron chi connectivity index (χ1n) is 10.1. The molecular weight excluding hydrogens is 462 g/mol. The molecule has 180 valence electrons. The summed E-state index contributed by atoms with van der Waals surface area (Å²) in [6.07, 6.45) is 0. The van der Waals surface area contributed by atoms with Crippen molar-refractivity contribution in [2.45, 2.75) is 17.2 Å². The van der Waals surface area contributed by atoms with Crippen molar-refractivity contribution in [2.24, 2.45) is 14.1 Å². The number of benzene rings is 1. The van der Waals surface area contributed by atoms with Crippen LogP contribution in [0.25, 0.3) is 22.4 Å². The molecule has 0 aliphatic rings. The number of hydrogen-bond acceptors (Lipinski definition) is 9. The Morgan fingerprint density at radius 2 is 1.68 bits per heavy atom. The molecular formula is C22H25N5O6S. The van der Waals surface area contributed by atoms with Crippen molar-refractivity contribution in [3.05, 3.63) is 39.0 Å². The van der Waals surface area contributed by atoms with Gasteiger partial charge in [-0.15, -0.1) is 0 Å². The van der Waals surface area contributed by atoms with E-state index in [4.69, 9.17) is 9.47 Å². The number of nitrogens with zero attached hydrogens (tertiary/aromatic N) is 5. The van der Waals surface area contributed by atoms with Crippen molar-refractivity contribution in [2.75, 3.05) is 28.3 Å². The molecule has 11 nitrogen and oxygen atoms in total. The molecule has 0 fully saturated rings. The van der Waals surface area contributed by atoms with Crippen molar-refractivity contribution in [3.63, 3.8) is 0 Å². The standard InChI is InChI=1S/C22H25N5O6S/c1-11(28)16(21(30)25(2)3)34-19-15-18(26(4)22(31)27(5)20(15)29)23-17(24-19)12-8-9-13(32-6)14(10-12)33-7/h8-10,16H,1-7H3/t16-/m1/s1. The lowest BCUT2D eigenvalue weighted by Gasteiger charge is -2.19. The molecule has 1 aromatic carbocycles. The van der Waals surface area contributed by atoms with Crippen molar-refractivity contribution in [1.82, 2.24) is 24.0 Å². The summed E-state index contributed by atoms with van der Waals surface area (Å²) in [6.45, 7) is 1.30. The Bertz CT molecular complexity index is 1410. The van der Waals surface area contributed by atoms with Gasteiger partial charge in [0.2, 0.25) is 5.91 Å². The molecule has 34 heavy (non-hydrogen) atoms. The number of hydrogen-bond donors (Lipinski definition) is 0. The average molecular weight is 488 g/mol. The number of fused-ring (bicyclic) bond motifs is 1. The Morgan fingerprint density at radius 1 is 1.03 bits per heavy atom. The maximum Gasteiger partial charge on any atom is 0.332 e. The Morgan fingerprint density at radius 3 is 2.24 bits per heavy atom. The van der Waals surface area contributed by atoms with E-state index in [1.54, 1.807) is 18.2 Å². The second-order valence-corrected chi connectivity index (χ2v) is 8.76. The molecule has 0 unspecified atom stereocenters. The van der Waals surface area contributed by atoms with Crippen LogP contribution in [0.4, 0.5) is 0 Å². The molecule has 1 amide bonds. The lowest BCUT2D eigenvalue weighted by Crippen LogP contribution is -2.38. The van der Waals surface area contributed by atoms with E-state index in [-0.39, 0.29) is 21.9 Å². The number of rotatable bonds is 7. The highest BCUT2D eigenvalue weighted by Gasteiger charge is 2.29. The summed E-state index contributed by atoms with van der Waals surface area (Å²) in [5, 5.41) is -0.980. The SMILES string of the molecule is COc1ccc(-c2nc(S[C@H](C(C)=O)C(=O)N(C)C)c3c(=O)n(C)c(=O)n(C)c3n2)cc1OC. The third kappa shape index (κ3) is 4.40. The predicted molar refractivity (Wildman–Crippen MR) is 128 cm³/mol. The number of ketones is 1. The van der Waals surface area contributed by atoms with Gasteiger partial charge in [-0.2, -0.15) is 0 Å². The highest BCUT2D eigenvalue weighted by Crippen LogP contribution is 2.34. The minimum atomic E-state index is -1.13. The smallest absolute Gasteiger partial charge is 0.332 e. The first-order chi connectivity index (χ1) is 16.0. The van der Waals surface area contributed by atoms with Crippen LogP contribution in [0.3, 0.4) is 0 Å². The Hall–Kier alpha value is -3.67. The summed E-state index contributed by atoms with van der Waals surface area (Å²) in [7, 11) is 8.89. The van der Waals surface area contributed by atoms with E-state index in [1.165, 1.54) is 58.8 Å². The molecule has 0 radical (unpaired) electrons. The first-order valence-corrected chi connectivity index (χ1v) is 11.0. The number of carbonyl (C=O) groups is 2. The molecule has 0 saturated carbocycles. The summed E-state index contributed by atoms with van der Waals surface area (Å²) >= 11 is 0.850. The van der Waals surface area contributed by atoms with Gasteiger partial charge >= 0.3 is 5.69 Å². The van der Waals surface area contributed by atoms with Gasteiger partial charge in [-0.1, -0.05) is 11.8 Å². The molecule has 0 bridgehead atoms. The number of carbonyl (C=O) groups excluding carboxylic acids is 2. The van der Waals surface area contributed by atoms with Crippen LogP contribution in [0.5, 0.6) is 11.5 Å². The average Bonchev–Trinajstić information content (AvgIpc) is 2.82. The molecule has 0 saturated heterocycles. The van der Waals surface area contributed by atoms with E-state index in [9.17, 15) is 19.2 Å². The van der Waals surface area contributed by atoms with Crippen molar-refractivity contribution in [1.29, 1.82) is 0 Å². The highest BCUT2D eigenvalue weighted by atomic mass is 32.2. The molecule has 2 heterocycles. The first kappa shape index (κ1) is 25.0. The van der Waals surface area contributed by atoms with E-state index >= 15 is 0 Å². The second-order valence-electron chi connectivity index (χ2n) is 7.67. The summed E-state index contributed by atoms with van der Waals surface area (Å²) in [5.74, 6) is 0.262. The van der Waals surface area contributed by atoms with Gasteiger partial charge in [0.1, 0.15) is 15.7 Å². The fourth-order valence-corrected chi connectivity index (χ4v) is 4.41. The number of Topliss-reactive ketones (excluding diaryl/α,β-unsaturated/α-hetero) is 1. The van der Waals surface area contributed by atoms with Gasteiger partial charge in [-0.25, -0.2) is 14.8 Å². The molecule has 3 aromatic rings. The van der Waals surface area contributed by atoms with Crippen LogP contribution in [0.2, 0.25) is 0 Å². The van der Waals surface area contributed by atoms with Crippen LogP contribution in [0, 0.1) is 0 Å². The highest BCUT2D eigenvalue weighted by molar-refractivity contribution is 8.01. The Kier molecular flexibility index (Phi) is 7.10. The Balaban J connectivity index is 2.36. The summed E-state index contributed by atoms with van der Waals surface area (Å²) in [5.41, 5.74) is -0.597. The molecule has 0 N–H and O–H groups in total. The van der Waals surface area contributed by atoms with E-state index in [2.05, 4.69) is 9.97 Å². The normalized spacial score (nSPS) is 11.9. The quantitative estimate of drug-likeness (QED) is 0.271. The number of amides is 1. The summed E-state index contributed by atoms with van der Waals surface area (Å²) < 4.78 is 12.8. The molecule has 2 aromatic heterocycles. The van der Waals surface area contributed by atoms with Crippen LogP contribution in [0.15, 0.2) is 32.8 Å². The lowest BCUT2D eigenvalue weighted by molar-refractivity contribution is -0.132. The largest absolute Gasteiger partial charge is 0.493 e. The Labute approximate surface area is 199 Å². The predicted octanol–water partition coefficient (Wildman–Crippen LogP) is 0.849. The van der Waals surface area contributed by atoms with Crippen LogP contribution >= 0.6 is 11.8 Å². The van der Waals surface area contributed by atoms with Crippen molar-refractivity contribution < 1.29 is 19.1 Å². The van der Waals surface area contributed by atoms with Crippen molar-refractivity contribution >= 4 is 34.5 Å². The van der Waals surface area contributed by atoms with E-state index < -0.39 is 28.2 Å². The molecule has 12 heteroatoms. The minimum absolute atomic E-state index is 0.0385. The zero-order chi connectivity index (χ0) is 25.3. The number of aryl methyl sites for hydroxylation is 1. The topological polar surface area (TPSA) is 126 Å². The second kappa shape index (κ2) is 9.67. The minimum Gasteiger partial charge on any atom is -0.493 e. The number of aromatic nitrogens is 4. The number of ether oxygens (including phenoxy) is 2. The maximum absolute atomic E-state index is 13.0. The zero-order valence-corrected chi connectivity index (χ0v) is 20.7. The van der Waals surface area contributed by atoms with E-state index in [1.807, 2.05) is 0 Å². The van der Waals surface area contributed by atoms with Crippen LogP contribution in [-0.4, -0.2) is 69.3 Å². The maximum atomic E-state index is 13.0. The fourth-order valence-electron chi connectivity index (χ4n) is 3.27. The molecule has 0 aliphatic carbocycles. The van der Waals surface area contributed by atoms with Gasteiger partial charge in [-0.05, 0) is 25.1 Å². The molecule has 3 rings (SSSR count). The van der Waals surface area contributed by atoms with Gasteiger partial charge < -0.3 is 14.4 Å². The molecule has 1 atom stereocenters. The third-order valence-electron chi connectivity index (χ3n) is 5.17. The van der Waals surface area contributed by atoms with Gasteiger partial charge in [0.05, 0.1) is 14.2 Å². The van der Waals surface area contributed by atoms with Crippen LogP contribution in [0.1, 0.15) is 6.92 Å². The van der Waals surface area contributed by atoms with E-state index in [0.717, 1.165) is 16.3 Å². The number of methoxy groups -OCH3 is 2. The third-order valence-corrected chi connectivity index (χ3v) is 6.46. The zero-order valence-electron chi connectivity index (χ0n) is 19.9. The number of thioether (sulfide) groups is 1. The van der Waals surface area contributed by atoms with E-state index in [0.29, 0.717) is 17.1 Å². The van der Waals surface area contributed by atoms with Crippen LogP contribution in [-0.2, 0) is 23.7 Å². The lowest BCUT2D eigenvalue weighted by atomic mass is 10.2. The van der Waals surface area contributed by atoms with Crippen molar-refractivity contribution in [3.8, 4) is 22.9 Å². The molecule has 0 aliphatic heterocycles. The van der Waals surface area contributed by atoms with Gasteiger partial charge in [-0.3, -0.25) is 23.5 Å².